The fourth-order valence-corrected chi connectivity index (χ4v) is 3.42. The summed E-state index contributed by atoms with van der Waals surface area (Å²) >= 11 is 0. The summed E-state index contributed by atoms with van der Waals surface area (Å²) in [4.78, 5) is 26.5. The first-order valence-electron chi connectivity index (χ1n) is 8.56. The Balaban J connectivity index is 1.41. The number of likely N-dealkylation sites (tertiary alicyclic amines) is 1. The maximum atomic E-state index is 12.9. The number of halogens is 1. The van der Waals surface area contributed by atoms with Crippen LogP contribution in [0.2, 0.25) is 0 Å². The first-order valence-corrected chi connectivity index (χ1v) is 8.56. The third kappa shape index (κ3) is 3.04. The van der Waals surface area contributed by atoms with E-state index in [0.717, 1.165) is 36.9 Å². The number of hydrogen-bond acceptors (Lipinski definition) is 4. The molecule has 0 spiro atoms. The Morgan fingerprint density at radius 2 is 1.76 bits per heavy atom. The second-order valence-corrected chi connectivity index (χ2v) is 6.69. The summed E-state index contributed by atoms with van der Waals surface area (Å²) < 4.78 is 12.9. The van der Waals surface area contributed by atoms with E-state index in [1.54, 1.807) is 4.90 Å². The summed E-state index contributed by atoms with van der Waals surface area (Å²) in [5.74, 6) is -0.836. The van der Waals surface area contributed by atoms with E-state index in [4.69, 9.17) is 0 Å². The van der Waals surface area contributed by atoms with E-state index >= 15 is 0 Å². The number of fused-ring (bicyclic) bond motifs is 1. The molecule has 0 radical (unpaired) electrons. The number of amides is 1. The Morgan fingerprint density at radius 1 is 1.04 bits per heavy atom. The second kappa shape index (κ2) is 6.35. The van der Waals surface area contributed by atoms with Gasteiger partial charge in [-0.15, -0.1) is 5.10 Å². The maximum Gasteiger partial charge on any atom is 0.274 e. The van der Waals surface area contributed by atoms with Crippen molar-refractivity contribution >= 4 is 11.7 Å². The maximum absolute atomic E-state index is 12.9. The molecular formula is C19H18FN3O2. The van der Waals surface area contributed by atoms with Crippen LogP contribution in [0.5, 0.6) is 0 Å². The van der Waals surface area contributed by atoms with Crippen molar-refractivity contribution in [3.05, 3.63) is 58.7 Å². The van der Waals surface area contributed by atoms with Crippen LogP contribution in [-0.2, 0) is 12.8 Å². The van der Waals surface area contributed by atoms with Crippen LogP contribution >= 0.6 is 0 Å². The monoisotopic (exact) mass is 339 g/mol. The molecule has 25 heavy (non-hydrogen) atoms. The fraction of sp³-hybridized carbons (Fsp3) is 0.368. The smallest absolute Gasteiger partial charge is 0.274 e. The van der Waals surface area contributed by atoms with Gasteiger partial charge in [-0.05, 0) is 61.6 Å². The molecule has 1 fully saturated rings. The van der Waals surface area contributed by atoms with E-state index in [2.05, 4.69) is 10.2 Å². The second-order valence-electron chi connectivity index (χ2n) is 6.69. The number of rotatable bonds is 3. The molecule has 2 aromatic rings. The highest BCUT2D eigenvalue weighted by Crippen LogP contribution is 2.24. The van der Waals surface area contributed by atoms with Gasteiger partial charge in [-0.25, -0.2) is 4.39 Å². The van der Waals surface area contributed by atoms with Gasteiger partial charge in [-0.1, -0.05) is 0 Å². The van der Waals surface area contributed by atoms with Crippen LogP contribution < -0.4 is 0 Å². The van der Waals surface area contributed by atoms with Crippen molar-refractivity contribution in [1.82, 2.24) is 15.1 Å². The van der Waals surface area contributed by atoms with Gasteiger partial charge in [0.15, 0.2) is 11.5 Å². The zero-order valence-corrected chi connectivity index (χ0v) is 13.7. The number of hydrogen-bond donors (Lipinski definition) is 0. The van der Waals surface area contributed by atoms with Gasteiger partial charge in [0.2, 0.25) is 0 Å². The number of aryl methyl sites for hydroxylation is 2. The Kier molecular flexibility index (Phi) is 4.03. The number of ketones is 1. The number of carbonyl (C=O) groups is 2. The molecule has 0 atom stereocenters. The van der Waals surface area contributed by atoms with Crippen LogP contribution in [0.1, 0.15) is 44.9 Å². The summed E-state index contributed by atoms with van der Waals surface area (Å²) in [7, 11) is 0. The number of nitrogens with zero attached hydrogens (tertiary/aromatic N) is 3. The molecule has 2 heterocycles. The highest BCUT2D eigenvalue weighted by atomic mass is 19.1. The Hall–Kier alpha value is -2.63. The van der Waals surface area contributed by atoms with Gasteiger partial charge in [0, 0.05) is 18.7 Å². The van der Waals surface area contributed by atoms with E-state index in [1.165, 1.54) is 24.3 Å². The fourth-order valence-electron chi connectivity index (χ4n) is 3.42. The highest BCUT2D eigenvalue weighted by molar-refractivity contribution is 6.01. The number of carbonyl (C=O) groups excluding carboxylic acids is 2. The van der Waals surface area contributed by atoms with Gasteiger partial charge in [-0.2, -0.15) is 5.10 Å². The molecule has 1 aromatic heterocycles. The van der Waals surface area contributed by atoms with Gasteiger partial charge < -0.3 is 4.90 Å². The highest BCUT2D eigenvalue weighted by Gasteiger charge is 2.37. The standard InChI is InChI=1S/C19H18FN3O2/c20-15-7-5-12(6-8-15)18(24)14-10-23(11-14)19(25)17-9-13-3-1-2-4-16(13)21-22-17/h5-9,14H,1-4,10-11H2. The van der Waals surface area contributed by atoms with E-state index in [1.807, 2.05) is 6.07 Å². The molecule has 0 saturated carbocycles. The summed E-state index contributed by atoms with van der Waals surface area (Å²) in [6, 6.07) is 7.36. The van der Waals surface area contributed by atoms with Crippen LogP contribution in [0.3, 0.4) is 0 Å². The molecule has 0 bridgehead atoms. The van der Waals surface area contributed by atoms with Crippen molar-refractivity contribution in [2.24, 2.45) is 5.92 Å². The van der Waals surface area contributed by atoms with Crippen LogP contribution in [0, 0.1) is 11.7 Å². The van der Waals surface area contributed by atoms with Gasteiger partial charge in [-0.3, -0.25) is 9.59 Å². The van der Waals surface area contributed by atoms with Gasteiger partial charge in [0.25, 0.3) is 5.91 Å². The molecular weight excluding hydrogens is 321 g/mol. The summed E-state index contributed by atoms with van der Waals surface area (Å²) in [5.41, 5.74) is 2.94. The average Bonchev–Trinajstić information content (AvgIpc) is 2.60. The lowest BCUT2D eigenvalue weighted by Crippen LogP contribution is -2.53. The third-order valence-electron chi connectivity index (χ3n) is 4.96. The summed E-state index contributed by atoms with van der Waals surface area (Å²) in [5, 5.41) is 8.26. The van der Waals surface area contributed by atoms with Crippen molar-refractivity contribution in [3.63, 3.8) is 0 Å². The summed E-state index contributed by atoms with van der Waals surface area (Å²) in [6.45, 7) is 0.738. The molecule has 4 rings (SSSR count). The van der Waals surface area contributed by atoms with Crippen molar-refractivity contribution < 1.29 is 14.0 Å². The largest absolute Gasteiger partial charge is 0.336 e. The normalized spacial score (nSPS) is 16.9. The van der Waals surface area contributed by atoms with E-state index in [-0.39, 0.29) is 23.4 Å². The zero-order chi connectivity index (χ0) is 17.4. The minimum Gasteiger partial charge on any atom is -0.336 e. The first kappa shape index (κ1) is 15.9. The average molecular weight is 339 g/mol. The van der Waals surface area contributed by atoms with Gasteiger partial charge in [0.05, 0.1) is 11.6 Å². The minimum atomic E-state index is -0.368. The van der Waals surface area contributed by atoms with Crippen molar-refractivity contribution in [3.8, 4) is 0 Å². The van der Waals surface area contributed by atoms with E-state index in [0.29, 0.717) is 24.3 Å². The molecule has 2 aliphatic rings. The van der Waals surface area contributed by atoms with Crippen molar-refractivity contribution in [2.45, 2.75) is 25.7 Å². The first-order chi connectivity index (χ1) is 12.1. The Labute approximate surface area is 144 Å². The van der Waals surface area contributed by atoms with Gasteiger partial charge >= 0.3 is 0 Å². The van der Waals surface area contributed by atoms with Crippen LogP contribution in [0.15, 0.2) is 30.3 Å². The quantitative estimate of drug-likeness (QED) is 0.806. The molecule has 1 aromatic carbocycles. The number of Topliss-reactive ketones (excluding diaryl/α,β-unsaturated/α-hetero) is 1. The van der Waals surface area contributed by atoms with Crippen LogP contribution in [0.4, 0.5) is 4.39 Å². The zero-order valence-electron chi connectivity index (χ0n) is 13.7. The van der Waals surface area contributed by atoms with E-state index in [9.17, 15) is 14.0 Å². The molecule has 128 valence electrons. The SMILES string of the molecule is O=C(c1ccc(F)cc1)C1CN(C(=O)c2cc3c(nn2)CCCC3)C1. The molecule has 6 heteroatoms. The van der Waals surface area contributed by atoms with Gasteiger partial charge in [0.1, 0.15) is 5.82 Å². The topological polar surface area (TPSA) is 63.2 Å². The summed E-state index contributed by atoms with van der Waals surface area (Å²) in [6.07, 6.45) is 4.10. The lowest BCUT2D eigenvalue weighted by molar-refractivity contribution is 0.0456. The van der Waals surface area contributed by atoms with Crippen molar-refractivity contribution in [2.75, 3.05) is 13.1 Å². The molecule has 0 unspecified atom stereocenters. The molecule has 5 nitrogen and oxygen atoms in total. The van der Waals surface area contributed by atoms with Crippen LogP contribution in [0.25, 0.3) is 0 Å². The molecule has 1 aliphatic heterocycles. The molecule has 1 aliphatic carbocycles. The Morgan fingerprint density at radius 3 is 2.52 bits per heavy atom. The number of benzene rings is 1. The third-order valence-corrected chi connectivity index (χ3v) is 4.96. The predicted molar refractivity (Wildman–Crippen MR) is 88.8 cm³/mol. The molecule has 1 saturated heterocycles. The molecule has 0 N–H and O–H groups in total. The van der Waals surface area contributed by atoms with E-state index < -0.39 is 0 Å². The lowest BCUT2D eigenvalue weighted by atomic mass is 9.90. The Bertz CT molecular complexity index is 829. The predicted octanol–water partition coefficient (Wildman–Crippen LogP) is 2.45. The minimum absolute atomic E-state index is 0.0550. The number of aromatic nitrogens is 2. The lowest BCUT2D eigenvalue weighted by Gasteiger charge is -2.38. The van der Waals surface area contributed by atoms with Crippen LogP contribution in [-0.4, -0.2) is 39.9 Å². The molecule has 1 amide bonds. The van der Waals surface area contributed by atoms with Crippen molar-refractivity contribution in [1.29, 1.82) is 0 Å².